The lowest BCUT2D eigenvalue weighted by atomic mass is 10.2. The summed E-state index contributed by atoms with van der Waals surface area (Å²) >= 11 is 2.06. The van der Waals surface area contributed by atoms with Gasteiger partial charge < -0.3 is 10.3 Å². The van der Waals surface area contributed by atoms with Gasteiger partial charge >= 0.3 is 0 Å². The standard InChI is InChI=1S/C12H22N4OS.ClH/c1-2-18-10-5-3-4-6-16(8-10)9-11-14-12(7-13)17-15-11;/h10H,2-9,13H2,1H3;1H. The molecule has 1 aromatic rings. The summed E-state index contributed by atoms with van der Waals surface area (Å²) in [5.41, 5.74) is 5.47. The van der Waals surface area contributed by atoms with E-state index in [0.717, 1.165) is 30.7 Å². The Labute approximate surface area is 125 Å². The van der Waals surface area contributed by atoms with E-state index in [9.17, 15) is 0 Å². The van der Waals surface area contributed by atoms with E-state index in [0.29, 0.717) is 12.4 Å². The van der Waals surface area contributed by atoms with Crippen LogP contribution >= 0.6 is 24.2 Å². The first-order valence-corrected chi connectivity index (χ1v) is 7.72. The van der Waals surface area contributed by atoms with Gasteiger partial charge in [-0.25, -0.2) is 0 Å². The number of likely N-dealkylation sites (tertiary alicyclic amines) is 1. The van der Waals surface area contributed by atoms with Gasteiger partial charge in [-0.2, -0.15) is 16.7 Å². The van der Waals surface area contributed by atoms with Crippen molar-refractivity contribution in [3.8, 4) is 0 Å². The van der Waals surface area contributed by atoms with Gasteiger partial charge in [0.25, 0.3) is 0 Å². The highest BCUT2D eigenvalue weighted by Crippen LogP contribution is 2.22. The average molecular weight is 307 g/mol. The molecule has 1 saturated heterocycles. The van der Waals surface area contributed by atoms with E-state index in [2.05, 4.69) is 33.7 Å². The van der Waals surface area contributed by atoms with Crippen molar-refractivity contribution in [2.45, 2.75) is 44.5 Å². The Balaban J connectivity index is 0.00000180. The van der Waals surface area contributed by atoms with Crippen LogP contribution in [0.25, 0.3) is 0 Å². The molecule has 0 aliphatic carbocycles. The van der Waals surface area contributed by atoms with E-state index in [-0.39, 0.29) is 12.4 Å². The maximum Gasteiger partial charge on any atom is 0.240 e. The number of aromatic nitrogens is 2. The Morgan fingerprint density at radius 2 is 2.32 bits per heavy atom. The van der Waals surface area contributed by atoms with Gasteiger partial charge in [0.15, 0.2) is 5.82 Å². The quantitative estimate of drug-likeness (QED) is 0.898. The van der Waals surface area contributed by atoms with Crippen molar-refractivity contribution >= 4 is 24.2 Å². The zero-order chi connectivity index (χ0) is 12.8. The fraction of sp³-hybridized carbons (Fsp3) is 0.833. The number of nitrogens with zero attached hydrogens (tertiary/aromatic N) is 3. The van der Waals surface area contributed by atoms with Crippen molar-refractivity contribution in [1.82, 2.24) is 15.0 Å². The van der Waals surface area contributed by atoms with E-state index < -0.39 is 0 Å². The average Bonchev–Trinajstić information content (AvgIpc) is 2.70. The molecular formula is C12H23ClN4OS. The van der Waals surface area contributed by atoms with Crippen LogP contribution in [0.4, 0.5) is 0 Å². The lowest BCUT2D eigenvalue weighted by Crippen LogP contribution is -2.29. The topological polar surface area (TPSA) is 68.2 Å². The van der Waals surface area contributed by atoms with Crippen molar-refractivity contribution in [2.24, 2.45) is 5.73 Å². The smallest absolute Gasteiger partial charge is 0.240 e. The number of halogens is 1. The molecule has 1 aromatic heterocycles. The third-order valence-corrected chi connectivity index (χ3v) is 4.35. The van der Waals surface area contributed by atoms with E-state index >= 15 is 0 Å². The number of nitrogens with two attached hydrogens (primary N) is 1. The lowest BCUT2D eigenvalue weighted by Gasteiger charge is -2.22. The number of thioether (sulfide) groups is 1. The summed E-state index contributed by atoms with van der Waals surface area (Å²) in [5, 5.41) is 4.72. The van der Waals surface area contributed by atoms with Crippen molar-refractivity contribution in [1.29, 1.82) is 0 Å². The zero-order valence-corrected chi connectivity index (χ0v) is 13.0. The molecule has 1 aliphatic rings. The SMILES string of the molecule is CCSC1CCCCN(Cc2noc(CN)n2)C1.Cl. The van der Waals surface area contributed by atoms with Crippen molar-refractivity contribution in [2.75, 3.05) is 18.8 Å². The van der Waals surface area contributed by atoms with Gasteiger partial charge in [0.2, 0.25) is 5.89 Å². The van der Waals surface area contributed by atoms with Crippen molar-refractivity contribution in [3.63, 3.8) is 0 Å². The van der Waals surface area contributed by atoms with Crippen LogP contribution < -0.4 is 5.73 Å². The first kappa shape index (κ1) is 16.8. The molecule has 0 aromatic carbocycles. The van der Waals surface area contributed by atoms with Crippen LogP contribution in [0.5, 0.6) is 0 Å². The Morgan fingerprint density at radius 3 is 3.00 bits per heavy atom. The van der Waals surface area contributed by atoms with Gasteiger partial charge in [-0.15, -0.1) is 12.4 Å². The molecule has 2 heterocycles. The summed E-state index contributed by atoms with van der Waals surface area (Å²) in [6, 6.07) is 0. The normalized spacial score (nSPS) is 20.8. The predicted octanol–water partition coefficient (Wildman–Crippen LogP) is 2.06. The summed E-state index contributed by atoms with van der Waals surface area (Å²) in [6.07, 6.45) is 3.92. The Morgan fingerprint density at radius 1 is 1.47 bits per heavy atom. The van der Waals surface area contributed by atoms with Crippen LogP contribution in [0.1, 0.15) is 37.9 Å². The van der Waals surface area contributed by atoms with Gasteiger partial charge in [-0.1, -0.05) is 18.5 Å². The molecule has 0 amide bonds. The van der Waals surface area contributed by atoms with Crippen LogP contribution in [-0.2, 0) is 13.1 Å². The third-order valence-electron chi connectivity index (χ3n) is 3.16. The molecule has 2 rings (SSSR count). The Kier molecular flexibility index (Phi) is 7.75. The van der Waals surface area contributed by atoms with Gasteiger partial charge in [-0.3, -0.25) is 4.90 Å². The fourth-order valence-corrected chi connectivity index (χ4v) is 3.45. The number of hydrogen-bond donors (Lipinski definition) is 1. The highest BCUT2D eigenvalue weighted by molar-refractivity contribution is 7.99. The monoisotopic (exact) mass is 306 g/mol. The second-order valence-electron chi connectivity index (χ2n) is 4.62. The maximum atomic E-state index is 5.47. The first-order chi connectivity index (χ1) is 8.81. The third kappa shape index (κ3) is 5.30. The van der Waals surface area contributed by atoms with Crippen LogP contribution in [0.15, 0.2) is 4.52 Å². The van der Waals surface area contributed by atoms with Crippen molar-refractivity contribution in [3.05, 3.63) is 11.7 Å². The molecule has 5 nitrogen and oxygen atoms in total. The molecule has 0 spiro atoms. The van der Waals surface area contributed by atoms with Crippen molar-refractivity contribution < 1.29 is 4.52 Å². The fourth-order valence-electron chi connectivity index (χ4n) is 2.33. The van der Waals surface area contributed by atoms with Gasteiger partial charge in [-0.05, 0) is 25.1 Å². The molecule has 110 valence electrons. The molecular weight excluding hydrogens is 284 g/mol. The van der Waals surface area contributed by atoms with Crippen LogP contribution in [-0.4, -0.2) is 39.1 Å². The molecule has 0 saturated carbocycles. The summed E-state index contributed by atoms with van der Waals surface area (Å²) in [4.78, 5) is 6.71. The summed E-state index contributed by atoms with van der Waals surface area (Å²) < 4.78 is 5.04. The second kappa shape index (κ2) is 8.79. The predicted molar refractivity (Wildman–Crippen MR) is 80.5 cm³/mol. The highest BCUT2D eigenvalue weighted by atomic mass is 35.5. The Bertz CT molecular complexity index is 363. The van der Waals surface area contributed by atoms with Gasteiger partial charge in [0.05, 0.1) is 13.1 Å². The summed E-state index contributed by atoms with van der Waals surface area (Å²) in [6.45, 7) is 5.59. The minimum atomic E-state index is 0. The summed E-state index contributed by atoms with van der Waals surface area (Å²) in [5.74, 6) is 2.48. The van der Waals surface area contributed by atoms with Gasteiger partial charge in [0, 0.05) is 11.8 Å². The van der Waals surface area contributed by atoms with Crippen LogP contribution in [0.3, 0.4) is 0 Å². The molecule has 2 N–H and O–H groups in total. The minimum absolute atomic E-state index is 0. The van der Waals surface area contributed by atoms with Gasteiger partial charge in [0.1, 0.15) is 0 Å². The molecule has 7 heteroatoms. The molecule has 1 fully saturated rings. The molecule has 0 bridgehead atoms. The van der Waals surface area contributed by atoms with E-state index in [1.807, 2.05) is 0 Å². The zero-order valence-electron chi connectivity index (χ0n) is 11.4. The summed E-state index contributed by atoms with van der Waals surface area (Å²) in [7, 11) is 0. The van der Waals surface area contributed by atoms with E-state index in [1.165, 1.54) is 25.0 Å². The van der Waals surface area contributed by atoms with Crippen LogP contribution in [0.2, 0.25) is 0 Å². The number of rotatable bonds is 5. The molecule has 1 atom stereocenters. The maximum absolute atomic E-state index is 5.47. The lowest BCUT2D eigenvalue weighted by molar-refractivity contribution is 0.266. The number of hydrogen-bond acceptors (Lipinski definition) is 6. The molecule has 1 aliphatic heterocycles. The highest BCUT2D eigenvalue weighted by Gasteiger charge is 2.19. The first-order valence-electron chi connectivity index (χ1n) is 6.67. The molecule has 19 heavy (non-hydrogen) atoms. The van der Waals surface area contributed by atoms with E-state index in [1.54, 1.807) is 0 Å². The molecule has 1 unspecified atom stereocenters. The molecule has 0 radical (unpaired) electrons. The minimum Gasteiger partial charge on any atom is -0.338 e. The van der Waals surface area contributed by atoms with Crippen LogP contribution in [0, 0.1) is 0 Å². The largest absolute Gasteiger partial charge is 0.338 e. The van der Waals surface area contributed by atoms with E-state index in [4.69, 9.17) is 10.3 Å². The Hall–Kier alpha value is -0.300. The second-order valence-corrected chi connectivity index (χ2v) is 6.19.